The molecule has 2 aliphatic rings. The van der Waals surface area contributed by atoms with Crippen molar-refractivity contribution in [3.05, 3.63) is 70.6 Å². The van der Waals surface area contributed by atoms with Crippen LogP contribution < -0.4 is 4.74 Å². The zero-order valence-corrected chi connectivity index (χ0v) is 19.7. The molecule has 2 aromatic carbocycles. The minimum Gasteiger partial charge on any atom is -0.491 e. The van der Waals surface area contributed by atoms with Crippen molar-refractivity contribution in [2.45, 2.75) is 70.3 Å². The number of nitrogens with zero attached hydrogens (tertiary/aromatic N) is 1. The standard InChI is InChI=1S/C27H31NO3S/c1-19(2)31-23-16-14-21(15-17-23)24-25(32-18-20-10-6-5-7-11-20)27(30)28(26(24)29)22-12-8-3-4-9-13-22/h5-7,10-11,14-17,19,22H,3-4,8-9,12-13,18H2,1-2H3. The summed E-state index contributed by atoms with van der Waals surface area (Å²) >= 11 is 1.48. The minimum atomic E-state index is -0.144. The molecule has 0 bridgehead atoms. The first-order valence-corrected chi connectivity index (χ1v) is 12.6. The summed E-state index contributed by atoms with van der Waals surface area (Å²) in [6.45, 7) is 3.97. The first-order valence-electron chi connectivity index (χ1n) is 11.6. The van der Waals surface area contributed by atoms with Crippen LogP contribution in [0, 0.1) is 0 Å². The molecule has 1 heterocycles. The molecule has 0 radical (unpaired) electrons. The fraction of sp³-hybridized carbons (Fsp3) is 0.407. The first kappa shape index (κ1) is 22.7. The molecule has 4 nitrogen and oxygen atoms in total. The molecule has 168 valence electrons. The number of amides is 2. The maximum Gasteiger partial charge on any atom is 0.268 e. The predicted molar refractivity (Wildman–Crippen MR) is 130 cm³/mol. The van der Waals surface area contributed by atoms with E-state index in [1.165, 1.54) is 24.6 Å². The van der Waals surface area contributed by atoms with Crippen molar-refractivity contribution in [1.82, 2.24) is 4.90 Å². The highest BCUT2D eigenvalue weighted by Crippen LogP contribution is 2.40. The molecule has 0 atom stereocenters. The van der Waals surface area contributed by atoms with Crippen molar-refractivity contribution in [3.8, 4) is 5.75 Å². The fourth-order valence-corrected chi connectivity index (χ4v) is 5.54. The van der Waals surface area contributed by atoms with Gasteiger partial charge in [0.2, 0.25) is 0 Å². The number of ether oxygens (including phenoxy) is 1. The Labute approximate surface area is 195 Å². The van der Waals surface area contributed by atoms with E-state index in [1.807, 2.05) is 56.3 Å². The van der Waals surface area contributed by atoms with Crippen LogP contribution in [0.3, 0.4) is 0 Å². The zero-order valence-electron chi connectivity index (χ0n) is 18.9. The van der Waals surface area contributed by atoms with Gasteiger partial charge < -0.3 is 4.74 Å². The van der Waals surface area contributed by atoms with Gasteiger partial charge in [-0.25, -0.2) is 0 Å². The van der Waals surface area contributed by atoms with Gasteiger partial charge in [0, 0.05) is 11.8 Å². The van der Waals surface area contributed by atoms with Crippen molar-refractivity contribution in [2.75, 3.05) is 0 Å². The summed E-state index contributed by atoms with van der Waals surface area (Å²) in [5.41, 5.74) is 2.46. The molecular formula is C27H31NO3S. The number of carbonyl (C=O) groups excluding carboxylic acids is 2. The zero-order chi connectivity index (χ0) is 22.5. The Bertz CT molecular complexity index is 974. The number of carbonyl (C=O) groups is 2. The first-order chi connectivity index (χ1) is 15.5. The number of benzene rings is 2. The fourth-order valence-electron chi connectivity index (χ4n) is 4.46. The molecule has 0 N–H and O–H groups in total. The van der Waals surface area contributed by atoms with Crippen LogP contribution in [0.15, 0.2) is 59.5 Å². The van der Waals surface area contributed by atoms with Crippen LogP contribution in [0.25, 0.3) is 5.57 Å². The monoisotopic (exact) mass is 449 g/mol. The topological polar surface area (TPSA) is 46.6 Å². The van der Waals surface area contributed by atoms with E-state index in [9.17, 15) is 9.59 Å². The van der Waals surface area contributed by atoms with Gasteiger partial charge in [0.25, 0.3) is 11.8 Å². The number of thioether (sulfide) groups is 1. The van der Waals surface area contributed by atoms with Crippen LogP contribution in [-0.2, 0) is 15.3 Å². The smallest absolute Gasteiger partial charge is 0.268 e. The molecule has 2 aromatic rings. The SMILES string of the molecule is CC(C)Oc1ccc(C2=C(SCc3ccccc3)C(=O)N(C3CCCCCC3)C2=O)cc1. The Kier molecular flexibility index (Phi) is 7.36. The van der Waals surface area contributed by atoms with Gasteiger partial charge in [0.1, 0.15) is 5.75 Å². The molecule has 0 aromatic heterocycles. The van der Waals surface area contributed by atoms with Gasteiger partial charge in [-0.1, -0.05) is 68.1 Å². The average Bonchev–Trinajstić information content (AvgIpc) is 2.95. The molecule has 1 saturated carbocycles. The lowest BCUT2D eigenvalue weighted by Gasteiger charge is -2.25. The summed E-state index contributed by atoms with van der Waals surface area (Å²) in [5, 5.41) is 0. The van der Waals surface area contributed by atoms with E-state index in [0.717, 1.165) is 42.6 Å². The van der Waals surface area contributed by atoms with Crippen LogP contribution >= 0.6 is 11.8 Å². The lowest BCUT2D eigenvalue weighted by atomic mass is 10.0. The van der Waals surface area contributed by atoms with E-state index >= 15 is 0 Å². The van der Waals surface area contributed by atoms with Gasteiger partial charge in [-0.3, -0.25) is 14.5 Å². The normalized spacial score (nSPS) is 17.9. The van der Waals surface area contributed by atoms with Crippen molar-refractivity contribution in [1.29, 1.82) is 0 Å². The summed E-state index contributed by atoms with van der Waals surface area (Å²) in [7, 11) is 0. The van der Waals surface area contributed by atoms with Crippen molar-refractivity contribution in [2.24, 2.45) is 0 Å². The summed E-state index contributed by atoms with van der Waals surface area (Å²) < 4.78 is 5.76. The second-order valence-electron chi connectivity index (χ2n) is 8.80. The average molecular weight is 450 g/mol. The molecule has 4 rings (SSSR count). The molecule has 0 unspecified atom stereocenters. The highest BCUT2D eigenvalue weighted by Gasteiger charge is 2.42. The largest absolute Gasteiger partial charge is 0.491 e. The van der Waals surface area contributed by atoms with Gasteiger partial charge in [0.05, 0.1) is 16.6 Å². The van der Waals surface area contributed by atoms with Crippen LogP contribution in [0.1, 0.15) is 63.5 Å². The summed E-state index contributed by atoms with van der Waals surface area (Å²) in [4.78, 5) is 29.3. The lowest BCUT2D eigenvalue weighted by Crippen LogP contribution is -2.40. The predicted octanol–water partition coefficient (Wildman–Crippen LogP) is 6.21. The van der Waals surface area contributed by atoms with Gasteiger partial charge in [0.15, 0.2) is 0 Å². The van der Waals surface area contributed by atoms with Crippen LogP contribution in [-0.4, -0.2) is 28.9 Å². The Balaban J connectivity index is 1.65. The van der Waals surface area contributed by atoms with Gasteiger partial charge >= 0.3 is 0 Å². The second-order valence-corrected chi connectivity index (χ2v) is 9.78. The third-order valence-corrected chi connectivity index (χ3v) is 7.15. The lowest BCUT2D eigenvalue weighted by molar-refractivity contribution is -0.139. The number of imide groups is 1. The molecule has 0 spiro atoms. The molecule has 0 saturated heterocycles. The maximum atomic E-state index is 13.6. The summed E-state index contributed by atoms with van der Waals surface area (Å²) in [6, 6.07) is 17.7. The van der Waals surface area contributed by atoms with Crippen LogP contribution in [0.4, 0.5) is 0 Å². The van der Waals surface area contributed by atoms with Crippen molar-refractivity contribution >= 4 is 29.1 Å². The van der Waals surface area contributed by atoms with Gasteiger partial charge in [-0.05, 0) is 49.9 Å². The Hall–Kier alpha value is -2.53. The quantitative estimate of drug-likeness (QED) is 0.372. The van der Waals surface area contributed by atoms with Crippen LogP contribution in [0.2, 0.25) is 0 Å². The summed E-state index contributed by atoms with van der Waals surface area (Å²) in [5.74, 6) is 1.15. The van der Waals surface area contributed by atoms with Gasteiger partial charge in [-0.2, -0.15) is 0 Å². The Morgan fingerprint density at radius 3 is 2.19 bits per heavy atom. The van der Waals surface area contributed by atoms with E-state index in [1.54, 1.807) is 4.90 Å². The third kappa shape index (κ3) is 5.09. The van der Waals surface area contributed by atoms with Crippen LogP contribution in [0.5, 0.6) is 5.75 Å². The number of hydrogen-bond donors (Lipinski definition) is 0. The molecule has 5 heteroatoms. The van der Waals surface area contributed by atoms with E-state index in [4.69, 9.17) is 4.74 Å². The molecule has 1 fully saturated rings. The molecule has 1 aliphatic heterocycles. The molecule has 32 heavy (non-hydrogen) atoms. The highest BCUT2D eigenvalue weighted by molar-refractivity contribution is 8.03. The molecule has 1 aliphatic carbocycles. The summed E-state index contributed by atoms with van der Waals surface area (Å²) in [6.07, 6.45) is 6.40. The van der Waals surface area contributed by atoms with Crippen molar-refractivity contribution < 1.29 is 14.3 Å². The maximum absolute atomic E-state index is 13.6. The highest BCUT2D eigenvalue weighted by atomic mass is 32.2. The Morgan fingerprint density at radius 2 is 1.56 bits per heavy atom. The van der Waals surface area contributed by atoms with E-state index in [2.05, 4.69) is 12.1 Å². The van der Waals surface area contributed by atoms with E-state index < -0.39 is 0 Å². The molecule has 2 amide bonds. The number of hydrogen-bond acceptors (Lipinski definition) is 4. The minimum absolute atomic E-state index is 0.00544. The Morgan fingerprint density at radius 1 is 0.906 bits per heavy atom. The number of rotatable bonds is 7. The van der Waals surface area contributed by atoms with E-state index in [-0.39, 0.29) is 24.0 Å². The van der Waals surface area contributed by atoms with Gasteiger partial charge in [-0.15, -0.1) is 11.8 Å². The molecular weight excluding hydrogens is 418 g/mol. The third-order valence-electron chi connectivity index (χ3n) is 6.00. The second kappa shape index (κ2) is 10.4. The van der Waals surface area contributed by atoms with Crippen molar-refractivity contribution in [3.63, 3.8) is 0 Å². The van der Waals surface area contributed by atoms with E-state index in [0.29, 0.717) is 16.2 Å².